The summed E-state index contributed by atoms with van der Waals surface area (Å²) in [4.78, 5) is 1.79. The Kier molecular flexibility index (Phi) is 6.36. The molecule has 6 heteroatoms. The van der Waals surface area contributed by atoms with Crippen molar-refractivity contribution in [2.24, 2.45) is 0 Å². The molecule has 3 nitrogen and oxygen atoms in total. The van der Waals surface area contributed by atoms with E-state index in [0.29, 0.717) is 30.2 Å². The summed E-state index contributed by atoms with van der Waals surface area (Å²) >= 11 is 0. The fraction of sp³-hybridized carbons (Fsp3) is 0.259. The molecule has 0 fully saturated rings. The van der Waals surface area contributed by atoms with Crippen molar-refractivity contribution < 1.29 is 22.6 Å². The largest absolute Gasteiger partial charge is 0.493 e. The summed E-state index contributed by atoms with van der Waals surface area (Å²) in [6.45, 7) is 4.90. The molecule has 0 aliphatic carbocycles. The average molecular weight is 454 g/mol. The minimum atomic E-state index is -4.48. The van der Waals surface area contributed by atoms with Gasteiger partial charge in [-0.3, -0.25) is 0 Å². The molecule has 33 heavy (non-hydrogen) atoms. The first-order chi connectivity index (χ1) is 15.8. The zero-order chi connectivity index (χ0) is 23.6. The van der Waals surface area contributed by atoms with Crippen molar-refractivity contribution >= 4 is 11.3 Å². The molecule has 3 aromatic rings. The first-order valence-corrected chi connectivity index (χ1v) is 10.8. The molecule has 1 heterocycles. The molecule has 0 spiro atoms. The maximum atomic E-state index is 14.1. The lowest BCUT2D eigenvalue weighted by molar-refractivity contribution is -0.137. The van der Waals surface area contributed by atoms with E-state index < -0.39 is 11.7 Å². The van der Waals surface area contributed by atoms with Gasteiger partial charge in [-0.1, -0.05) is 54.6 Å². The number of benzene rings is 3. The first-order valence-electron chi connectivity index (χ1n) is 10.8. The molecule has 1 aliphatic heterocycles. The van der Waals surface area contributed by atoms with Crippen molar-refractivity contribution in [3.63, 3.8) is 0 Å². The summed E-state index contributed by atoms with van der Waals surface area (Å²) in [6.07, 6.45) is -4.48. The number of alkyl halides is 3. The van der Waals surface area contributed by atoms with Crippen molar-refractivity contribution in [3.8, 4) is 11.5 Å². The highest BCUT2D eigenvalue weighted by Gasteiger charge is 2.38. The molecule has 172 valence electrons. The molecule has 0 amide bonds. The first kappa shape index (κ1) is 22.8. The predicted octanol–water partition coefficient (Wildman–Crippen LogP) is 6.95. The van der Waals surface area contributed by atoms with Crippen molar-refractivity contribution in [1.82, 2.24) is 0 Å². The predicted molar refractivity (Wildman–Crippen MR) is 125 cm³/mol. The molecular weight excluding hydrogens is 427 g/mol. The molecule has 3 aromatic carbocycles. The summed E-state index contributed by atoms with van der Waals surface area (Å²) in [7, 11) is 1.55. The second-order valence-electron chi connectivity index (χ2n) is 7.96. The van der Waals surface area contributed by atoms with Crippen LogP contribution < -0.4 is 14.4 Å². The van der Waals surface area contributed by atoms with Gasteiger partial charge in [0.2, 0.25) is 0 Å². The van der Waals surface area contributed by atoms with Crippen LogP contribution in [-0.2, 0) is 12.7 Å². The summed E-state index contributed by atoms with van der Waals surface area (Å²) in [5, 5.41) is 0. The van der Waals surface area contributed by atoms with Crippen LogP contribution in [0.25, 0.3) is 5.57 Å². The van der Waals surface area contributed by atoms with Gasteiger partial charge in [0.15, 0.2) is 11.5 Å². The monoisotopic (exact) mass is 453 g/mol. The zero-order valence-corrected chi connectivity index (χ0v) is 18.9. The van der Waals surface area contributed by atoms with Crippen LogP contribution in [0.3, 0.4) is 0 Å². The normalized spacial score (nSPS) is 13.7. The number of para-hydroxylation sites is 2. The number of fused-ring (bicyclic) bond motifs is 1. The van der Waals surface area contributed by atoms with Gasteiger partial charge in [-0.2, -0.15) is 13.2 Å². The Morgan fingerprint density at radius 3 is 2.33 bits per heavy atom. The van der Waals surface area contributed by atoms with Crippen LogP contribution in [0.15, 0.2) is 72.3 Å². The van der Waals surface area contributed by atoms with Gasteiger partial charge in [-0.15, -0.1) is 0 Å². The molecule has 1 aliphatic rings. The second-order valence-corrected chi connectivity index (χ2v) is 7.96. The Labute approximate surface area is 192 Å². The molecule has 0 bridgehead atoms. The number of nitrogens with zero attached hydrogens (tertiary/aromatic N) is 1. The number of hydrogen-bond acceptors (Lipinski definition) is 3. The van der Waals surface area contributed by atoms with E-state index in [-0.39, 0.29) is 12.2 Å². The Bertz CT molecular complexity index is 1170. The van der Waals surface area contributed by atoms with Gasteiger partial charge in [-0.05, 0) is 42.7 Å². The maximum absolute atomic E-state index is 14.1. The Balaban J connectivity index is 1.88. The van der Waals surface area contributed by atoms with Crippen molar-refractivity contribution in [1.29, 1.82) is 0 Å². The number of halogens is 3. The van der Waals surface area contributed by atoms with Crippen LogP contribution in [-0.4, -0.2) is 20.3 Å². The van der Waals surface area contributed by atoms with Gasteiger partial charge in [0, 0.05) is 24.2 Å². The summed E-state index contributed by atoms with van der Waals surface area (Å²) in [5.41, 5.74) is 3.68. The topological polar surface area (TPSA) is 21.7 Å². The highest BCUT2D eigenvalue weighted by atomic mass is 19.4. The van der Waals surface area contributed by atoms with Gasteiger partial charge in [0.1, 0.15) is 0 Å². The van der Waals surface area contributed by atoms with Gasteiger partial charge in [0.05, 0.1) is 25.0 Å². The fourth-order valence-corrected chi connectivity index (χ4v) is 4.49. The summed E-state index contributed by atoms with van der Waals surface area (Å²) in [6, 6.07) is 19.5. The zero-order valence-electron chi connectivity index (χ0n) is 18.9. The number of rotatable bonds is 6. The highest BCUT2D eigenvalue weighted by Crippen LogP contribution is 2.46. The van der Waals surface area contributed by atoms with E-state index >= 15 is 0 Å². The van der Waals surface area contributed by atoms with E-state index in [9.17, 15) is 13.2 Å². The molecule has 4 rings (SSSR count). The summed E-state index contributed by atoms with van der Waals surface area (Å²) < 4.78 is 53.7. The fourth-order valence-electron chi connectivity index (χ4n) is 4.49. The minimum absolute atomic E-state index is 0.194. The minimum Gasteiger partial charge on any atom is -0.493 e. The lowest BCUT2D eigenvalue weighted by Gasteiger charge is -2.36. The summed E-state index contributed by atoms with van der Waals surface area (Å²) in [5.74, 6) is 1.12. The van der Waals surface area contributed by atoms with Crippen LogP contribution in [0.2, 0.25) is 0 Å². The van der Waals surface area contributed by atoms with Crippen molar-refractivity contribution in [2.45, 2.75) is 26.6 Å². The Hall–Kier alpha value is -3.41. The molecule has 0 saturated heterocycles. The lowest BCUT2D eigenvalue weighted by atomic mass is 9.87. The third-order valence-corrected chi connectivity index (χ3v) is 5.77. The number of anilines is 1. The van der Waals surface area contributed by atoms with Gasteiger partial charge >= 0.3 is 6.18 Å². The van der Waals surface area contributed by atoms with E-state index in [4.69, 9.17) is 9.47 Å². The molecule has 0 unspecified atom stereocenters. The molecular formula is C27H26F3NO2. The van der Waals surface area contributed by atoms with Crippen LogP contribution >= 0.6 is 0 Å². The maximum Gasteiger partial charge on any atom is 0.418 e. The molecule has 0 N–H and O–H groups in total. The standard InChI is InChI=1S/C27H26F3NO2/c1-4-33-26-20(12-8-15-23(26)32-3)17-31-16-18(2)24(19-10-6-5-7-11-19)21-13-9-14-22(25(21)31)27(28,29)30/h5-15H,4,16-17H2,1-3H3. The number of hydrogen-bond donors (Lipinski definition) is 0. The molecule has 0 saturated carbocycles. The van der Waals surface area contributed by atoms with E-state index in [1.165, 1.54) is 6.07 Å². The third kappa shape index (κ3) is 4.42. The second kappa shape index (κ2) is 9.22. The van der Waals surface area contributed by atoms with E-state index in [0.717, 1.165) is 28.3 Å². The van der Waals surface area contributed by atoms with Crippen molar-refractivity contribution in [3.05, 3.63) is 94.6 Å². The Morgan fingerprint density at radius 2 is 1.67 bits per heavy atom. The van der Waals surface area contributed by atoms with E-state index in [1.54, 1.807) is 24.1 Å². The molecule has 0 atom stereocenters. The third-order valence-electron chi connectivity index (χ3n) is 5.77. The van der Waals surface area contributed by atoms with Gasteiger partial charge < -0.3 is 14.4 Å². The smallest absolute Gasteiger partial charge is 0.418 e. The SMILES string of the molecule is CCOc1c(CN2CC(C)=C(c3ccccc3)c3cccc(C(F)(F)F)c32)cccc1OC. The quantitative estimate of drug-likeness (QED) is 0.403. The number of ether oxygens (including phenoxy) is 2. The molecule has 0 radical (unpaired) electrons. The Morgan fingerprint density at radius 1 is 0.939 bits per heavy atom. The van der Waals surface area contributed by atoms with Crippen LogP contribution in [0.4, 0.5) is 18.9 Å². The molecule has 0 aromatic heterocycles. The van der Waals surface area contributed by atoms with Crippen LogP contribution in [0.1, 0.15) is 36.1 Å². The van der Waals surface area contributed by atoms with Crippen molar-refractivity contribution in [2.75, 3.05) is 25.2 Å². The average Bonchev–Trinajstić information content (AvgIpc) is 2.80. The van der Waals surface area contributed by atoms with Crippen LogP contribution in [0.5, 0.6) is 11.5 Å². The number of methoxy groups -OCH3 is 1. The van der Waals surface area contributed by atoms with Gasteiger partial charge in [0.25, 0.3) is 0 Å². The van der Waals surface area contributed by atoms with Crippen LogP contribution in [0, 0.1) is 0 Å². The highest BCUT2D eigenvalue weighted by molar-refractivity contribution is 5.92. The van der Waals surface area contributed by atoms with E-state index in [2.05, 4.69) is 0 Å². The van der Waals surface area contributed by atoms with E-state index in [1.807, 2.05) is 56.3 Å². The van der Waals surface area contributed by atoms with Gasteiger partial charge in [-0.25, -0.2) is 0 Å². The lowest BCUT2D eigenvalue weighted by Crippen LogP contribution is -2.32.